The van der Waals surface area contributed by atoms with E-state index in [-0.39, 0.29) is 34.7 Å². The molecule has 0 atom stereocenters. The second-order valence-electron chi connectivity index (χ2n) is 2.88. The van der Waals surface area contributed by atoms with Gasteiger partial charge in [-0.05, 0) is 22.0 Å². The van der Waals surface area contributed by atoms with Crippen LogP contribution in [0, 0.1) is 5.82 Å². The highest BCUT2D eigenvalue weighted by Crippen LogP contribution is 2.41. The lowest BCUT2D eigenvalue weighted by atomic mass is 10.1. The van der Waals surface area contributed by atoms with Crippen LogP contribution < -0.4 is 9.47 Å². The minimum atomic E-state index is -1.25. The Kier molecular flexibility index (Phi) is 2.52. The number of aromatic carboxylic acids is 1. The molecule has 80 valence electrons. The third-order valence-corrected chi connectivity index (χ3v) is 2.68. The quantitative estimate of drug-likeness (QED) is 0.853. The summed E-state index contributed by atoms with van der Waals surface area (Å²) in [6, 6.07) is 0.903. The minimum Gasteiger partial charge on any atom is -0.485 e. The molecule has 0 amide bonds. The summed E-state index contributed by atoms with van der Waals surface area (Å²) in [6.07, 6.45) is 0. The first kappa shape index (κ1) is 10.2. The normalized spacial score (nSPS) is 13.7. The maximum absolute atomic E-state index is 13.3. The average molecular weight is 277 g/mol. The van der Waals surface area contributed by atoms with Gasteiger partial charge in [0.05, 0.1) is 4.47 Å². The predicted octanol–water partition coefficient (Wildman–Crippen LogP) is 2.06. The van der Waals surface area contributed by atoms with Crippen molar-refractivity contribution in [3.05, 3.63) is 21.9 Å². The van der Waals surface area contributed by atoms with Gasteiger partial charge in [0.25, 0.3) is 0 Å². The van der Waals surface area contributed by atoms with E-state index in [1.807, 2.05) is 0 Å². The van der Waals surface area contributed by atoms with E-state index >= 15 is 0 Å². The van der Waals surface area contributed by atoms with Gasteiger partial charge in [-0.3, -0.25) is 0 Å². The highest BCUT2D eigenvalue weighted by Gasteiger charge is 2.25. The molecule has 0 bridgehead atoms. The highest BCUT2D eigenvalue weighted by molar-refractivity contribution is 9.10. The summed E-state index contributed by atoms with van der Waals surface area (Å²) in [4.78, 5) is 10.8. The molecule has 1 N–H and O–H groups in total. The Balaban J connectivity index is 2.67. The van der Waals surface area contributed by atoms with Crippen LogP contribution in [0.1, 0.15) is 10.4 Å². The Hall–Kier alpha value is -1.30. The fraction of sp³-hybridized carbons (Fsp3) is 0.222. The highest BCUT2D eigenvalue weighted by atomic mass is 79.9. The van der Waals surface area contributed by atoms with Crippen molar-refractivity contribution in [2.24, 2.45) is 0 Å². The SMILES string of the molecule is O=C(O)c1cc(F)c(Br)c2c1OCCO2. The van der Waals surface area contributed by atoms with Crippen LogP contribution in [-0.2, 0) is 0 Å². The molecule has 1 aliphatic heterocycles. The van der Waals surface area contributed by atoms with Gasteiger partial charge in [-0.1, -0.05) is 0 Å². The maximum Gasteiger partial charge on any atom is 0.339 e. The first-order valence-corrected chi connectivity index (χ1v) is 4.91. The van der Waals surface area contributed by atoms with Gasteiger partial charge in [-0.15, -0.1) is 0 Å². The molecule has 0 fully saturated rings. The molecule has 1 aliphatic rings. The first-order chi connectivity index (χ1) is 7.11. The van der Waals surface area contributed by atoms with Crippen LogP contribution in [0.15, 0.2) is 10.5 Å². The molecule has 0 aromatic heterocycles. The van der Waals surface area contributed by atoms with Crippen LogP contribution in [0.3, 0.4) is 0 Å². The van der Waals surface area contributed by atoms with E-state index in [0.717, 1.165) is 6.07 Å². The minimum absolute atomic E-state index is 0.0713. The zero-order valence-electron chi connectivity index (χ0n) is 7.42. The maximum atomic E-state index is 13.3. The van der Waals surface area contributed by atoms with Crippen molar-refractivity contribution in [3.63, 3.8) is 0 Å². The molecule has 2 rings (SSSR count). The molecule has 0 aliphatic carbocycles. The topological polar surface area (TPSA) is 55.8 Å². The number of benzene rings is 1. The third kappa shape index (κ3) is 1.65. The second-order valence-corrected chi connectivity index (χ2v) is 3.67. The van der Waals surface area contributed by atoms with Gasteiger partial charge in [0, 0.05) is 0 Å². The monoisotopic (exact) mass is 276 g/mol. The van der Waals surface area contributed by atoms with Crippen LogP contribution >= 0.6 is 15.9 Å². The predicted molar refractivity (Wildman–Crippen MR) is 52.0 cm³/mol. The van der Waals surface area contributed by atoms with Crippen molar-refractivity contribution in [3.8, 4) is 11.5 Å². The lowest BCUT2D eigenvalue weighted by molar-refractivity contribution is 0.0685. The van der Waals surface area contributed by atoms with Gasteiger partial charge in [-0.25, -0.2) is 9.18 Å². The number of halogens is 2. The molecular formula is C9H6BrFO4. The molecule has 6 heteroatoms. The van der Waals surface area contributed by atoms with E-state index in [2.05, 4.69) is 15.9 Å². The molecule has 0 saturated heterocycles. The zero-order valence-corrected chi connectivity index (χ0v) is 9.01. The molecule has 0 radical (unpaired) electrons. The van der Waals surface area contributed by atoms with Crippen LogP contribution in [-0.4, -0.2) is 24.3 Å². The largest absolute Gasteiger partial charge is 0.485 e. The molecular weight excluding hydrogens is 271 g/mol. The number of hydrogen-bond donors (Lipinski definition) is 1. The Labute approximate surface area is 92.7 Å². The molecule has 15 heavy (non-hydrogen) atoms. The second kappa shape index (κ2) is 3.69. The van der Waals surface area contributed by atoms with Crippen molar-refractivity contribution < 1.29 is 23.8 Å². The molecule has 4 nitrogen and oxygen atoms in total. The van der Waals surface area contributed by atoms with Crippen LogP contribution in [0.2, 0.25) is 0 Å². The summed E-state index contributed by atoms with van der Waals surface area (Å²) in [6.45, 7) is 0.527. The number of rotatable bonds is 1. The fourth-order valence-corrected chi connectivity index (χ4v) is 1.71. The van der Waals surface area contributed by atoms with Gasteiger partial charge in [0.1, 0.15) is 24.6 Å². The Morgan fingerprint density at radius 2 is 2.00 bits per heavy atom. The van der Waals surface area contributed by atoms with Gasteiger partial charge in [0.15, 0.2) is 11.5 Å². The van der Waals surface area contributed by atoms with Gasteiger partial charge >= 0.3 is 5.97 Å². The Morgan fingerprint density at radius 1 is 1.40 bits per heavy atom. The smallest absolute Gasteiger partial charge is 0.339 e. The van der Waals surface area contributed by atoms with E-state index in [4.69, 9.17) is 14.6 Å². The summed E-state index contributed by atoms with van der Waals surface area (Å²) < 4.78 is 23.7. The zero-order chi connectivity index (χ0) is 11.0. The van der Waals surface area contributed by atoms with Crippen LogP contribution in [0.4, 0.5) is 4.39 Å². The molecule has 0 saturated carbocycles. The average Bonchev–Trinajstić information content (AvgIpc) is 2.23. The lowest BCUT2D eigenvalue weighted by Crippen LogP contribution is -2.18. The first-order valence-electron chi connectivity index (χ1n) is 4.12. The van der Waals surface area contributed by atoms with Crippen molar-refractivity contribution in [2.75, 3.05) is 13.2 Å². The van der Waals surface area contributed by atoms with Gasteiger partial charge < -0.3 is 14.6 Å². The molecule has 1 aromatic carbocycles. The number of hydrogen-bond acceptors (Lipinski definition) is 3. The molecule has 1 aromatic rings. The van der Waals surface area contributed by atoms with Crippen molar-refractivity contribution in [2.45, 2.75) is 0 Å². The van der Waals surface area contributed by atoms with Crippen molar-refractivity contribution in [1.82, 2.24) is 0 Å². The lowest BCUT2D eigenvalue weighted by Gasteiger charge is -2.21. The van der Waals surface area contributed by atoms with E-state index < -0.39 is 11.8 Å². The van der Waals surface area contributed by atoms with Crippen molar-refractivity contribution >= 4 is 21.9 Å². The van der Waals surface area contributed by atoms with Gasteiger partial charge in [-0.2, -0.15) is 0 Å². The molecule has 0 unspecified atom stereocenters. The fourth-order valence-electron chi connectivity index (χ4n) is 1.30. The van der Waals surface area contributed by atoms with Crippen LogP contribution in [0.5, 0.6) is 11.5 Å². The standard InChI is InChI=1S/C9H6BrFO4/c10-6-5(11)3-4(9(12)13)7-8(6)15-2-1-14-7/h3H,1-2H2,(H,12,13). The third-order valence-electron chi connectivity index (χ3n) is 1.94. The number of carbonyl (C=O) groups is 1. The summed E-state index contributed by atoms with van der Waals surface area (Å²) in [7, 11) is 0. The number of fused-ring (bicyclic) bond motifs is 1. The van der Waals surface area contributed by atoms with E-state index in [1.165, 1.54) is 0 Å². The van der Waals surface area contributed by atoms with E-state index in [9.17, 15) is 9.18 Å². The Bertz CT molecular complexity index is 433. The molecule has 0 spiro atoms. The van der Waals surface area contributed by atoms with E-state index in [1.54, 1.807) is 0 Å². The number of ether oxygens (including phenoxy) is 2. The van der Waals surface area contributed by atoms with Crippen molar-refractivity contribution in [1.29, 1.82) is 0 Å². The molecule has 1 heterocycles. The van der Waals surface area contributed by atoms with E-state index in [0.29, 0.717) is 0 Å². The number of carboxylic acid groups (broad SMARTS) is 1. The van der Waals surface area contributed by atoms with Crippen LogP contribution in [0.25, 0.3) is 0 Å². The summed E-state index contributed by atoms with van der Waals surface area (Å²) >= 11 is 2.98. The summed E-state index contributed by atoms with van der Waals surface area (Å²) in [5.74, 6) is -1.75. The Morgan fingerprint density at radius 3 is 2.60 bits per heavy atom. The summed E-state index contributed by atoms with van der Waals surface area (Å²) in [5, 5.41) is 8.84. The van der Waals surface area contributed by atoms with Gasteiger partial charge in [0.2, 0.25) is 0 Å². The number of carboxylic acids is 1. The summed E-state index contributed by atoms with van der Waals surface area (Å²) in [5.41, 5.74) is -0.231.